The second kappa shape index (κ2) is 7.74. The van der Waals surface area contributed by atoms with E-state index in [9.17, 15) is 4.79 Å². The van der Waals surface area contributed by atoms with Gasteiger partial charge in [0.25, 0.3) is 6.01 Å². The molecule has 1 heterocycles. The van der Waals surface area contributed by atoms with E-state index in [0.29, 0.717) is 12.6 Å². The molecule has 1 atom stereocenters. The third-order valence-corrected chi connectivity index (χ3v) is 2.60. The molecule has 0 aliphatic heterocycles. The topological polar surface area (TPSA) is 64.4 Å². The van der Waals surface area contributed by atoms with Gasteiger partial charge in [-0.25, -0.2) is 4.79 Å². The number of nitrogens with one attached hydrogen (secondary N) is 1. The normalized spacial score (nSPS) is 12.2. The largest absolute Gasteiger partial charge is 0.461 e. The average molecular weight is 254 g/mol. The van der Waals surface area contributed by atoms with Gasteiger partial charge < -0.3 is 14.5 Å². The minimum atomic E-state index is -0.451. The Labute approximate surface area is 108 Å². The van der Waals surface area contributed by atoms with Crippen LogP contribution in [0.4, 0.5) is 6.01 Å². The molecular weight excluding hydrogens is 232 g/mol. The minimum absolute atomic E-state index is 0.208. The predicted octanol–water partition coefficient (Wildman–Crippen LogP) is 3.23. The van der Waals surface area contributed by atoms with Crippen molar-refractivity contribution in [1.29, 1.82) is 0 Å². The molecule has 0 radical (unpaired) electrons. The summed E-state index contributed by atoms with van der Waals surface area (Å²) in [5, 5.41) is 3.13. The van der Waals surface area contributed by atoms with Crippen molar-refractivity contribution in [2.75, 3.05) is 11.9 Å². The van der Waals surface area contributed by atoms with Crippen molar-refractivity contribution >= 4 is 12.0 Å². The van der Waals surface area contributed by atoms with Crippen LogP contribution in [-0.2, 0) is 4.74 Å². The molecule has 0 aliphatic carbocycles. The van der Waals surface area contributed by atoms with Gasteiger partial charge in [0, 0.05) is 6.04 Å². The molecule has 5 nitrogen and oxygen atoms in total. The number of esters is 1. The number of oxazole rings is 1. The molecule has 1 aromatic heterocycles. The van der Waals surface area contributed by atoms with E-state index in [-0.39, 0.29) is 11.7 Å². The lowest BCUT2D eigenvalue weighted by Gasteiger charge is -2.10. The number of hydrogen-bond acceptors (Lipinski definition) is 5. The molecule has 0 saturated heterocycles. The number of unbranched alkanes of at least 4 members (excludes halogenated alkanes) is 2. The maximum absolute atomic E-state index is 11.4. The van der Waals surface area contributed by atoms with Crippen LogP contribution in [0.15, 0.2) is 10.7 Å². The summed E-state index contributed by atoms with van der Waals surface area (Å²) in [6, 6.07) is 0.660. The van der Waals surface area contributed by atoms with Crippen molar-refractivity contribution in [3.8, 4) is 0 Å². The Morgan fingerprint density at radius 1 is 1.50 bits per heavy atom. The number of carbonyl (C=O) groups is 1. The Kier molecular flexibility index (Phi) is 6.25. The van der Waals surface area contributed by atoms with Gasteiger partial charge in [-0.1, -0.05) is 26.2 Å². The van der Waals surface area contributed by atoms with Gasteiger partial charge in [0.05, 0.1) is 6.61 Å². The summed E-state index contributed by atoms with van der Waals surface area (Å²) >= 11 is 0. The molecule has 1 rings (SSSR count). The van der Waals surface area contributed by atoms with Crippen molar-refractivity contribution in [3.63, 3.8) is 0 Å². The zero-order valence-electron chi connectivity index (χ0n) is 11.4. The van der Waals surface area contributed by atoms with Crippen molar-refractivity contribution in [2.45, 2.75) is 52.5 Å². The maximum Gasteiger partial charge on any atom is 0.360 e. The smallest absolute Gasteiger partial charge is 0.360 e. The van der Waals surface area contributed by atoms with Crippen molar-refractivity contribution in [2.24, 2.45) is 0 Å². The molecule has 1 aromatic rings. The zero-order valence-corrected chi connectivity index (χ0v) is 11.4. The average Bonchev–Trinajstić information content (AvgIpc) is 2.78. The quantitative estimate of drug-likeness (QED) is 0.570. The summed E-state index contributed by atoms with van der Waals surface area (Å²) in [4.78, 5) is 15.4. The summed E-state index contributed by atoms with van der Waals surface area (Å²) in [6.07, 6.45) is 5.99. The monoisotopic (exact) mass is 254 g/mol. The first-order valence-electron chi connectivity index (χ1n) is 6.56. The maximum atomic E-state index is 11.4. The van der Waals surface area contributed by atoms with E-state index in [1.165, 1.54) is 25.5 Å². The highest BCUT2D eigenvalue weighted by Gasteiger charge is 2.14. The van der Waals surface area contributed by atoms with Crippen LogP contribution in [-0.4, -0.2) is 23.6 Å². The molecule has 0 bridgehead atoms. The molecule has 0 fully saturated rings. The summed E-state index contributed by atoms with van der Waals surface area (Å²) < 4.78 is 10.0. The predicted molar refractivity (Wildman–Crippen MR) is 69.7 cm³/mol. The molecule has 5 heteroatoms. The van der Waals surface area contributed by atoms with Gasteiger partial charge in [-0.2, -0.15) is 4.98 Å². The first-order chi connectivity index (χ1) is 8.67. The zero-order chi connectivity index (χ0) is 13.4. The van der Waals surface area contributed by atoms with E-state index in [0.717, 1.165) is 6.42 Å². The summed E-state index contributed by atoms with van der Waals surface area (Å²) in [5.74, 6) is -0.451. The molecule has 0 aliphatic rings. The fraction of sp³-hybridized carbons (Fsp3) is 0.692. The van der Waals surface area contributed by atoms with Gasteiger partial charge in [0.15, 0.2) is 5.69 Å². The lowest BCUT2D eigenvalue weighted by atomic mass is 10.1. The van der Waals surface area contributed by atoms with E-state index in [4.69, 9.17) is 9.15 Å². The third-order valence-electron chi connectivity index (χ3n) is 2.60. The molecule has 102 valence electrons. The van der Waals surface area contributed by atoms with Gasteiger partial charge in [-0.15, -0.1) is 0 Å². The van der Waals surface area contributed by atoms with E-state index in [1.54, 1.807) is 6.92 Å². The van der Waals surface area contributed by atoms with E-state index < -0.39 is 5.97 Å². The molecule has 0 spiro atoms. The Balaban J connectivity index is 2.41. The SMILES string of the molecule is CCCCCC(C)Nc1nc(C(=O)OCC)co1. The second-order valence-electron chi connectivity index (χ2n) is 4.30. The van der Waals surface area contributed by atoms with E-state index in [2.05, 4.69) is 24.1 Å². The van der Waals surface area contributed by atoms with Crippen molar-refractivity contribution in [1.82, 2.24) is 4.98 Å². The number of nitrogens with zero attached hydrogens (tertiary/aromatic N) is 1. The summed E-state index contributed by atoms with van der Waals surface area (Å²) in [6.45, 7) is 6.34. The highest BCUT2D eigenvalue weighted by molar-refractivity contribution is 5.87. The molecule has 18 heavy (non-hydrogen) atoms. The fourth-order valence-corrected chi connectivity index (χ4v) is 1.62. The van der Waals surface area contributed by atoms with Crippen LogP contribution in [0.1, 0.15) is 56.9 Å². The standard InChI is InChI=1S/C13H22N2O3/c1-4-6-7-8-10(3)14-13-15-11(9-18-13)12(16)17-5-2/h9-10H,4-8H2,1-3H3,(H,14,15). The van der Waals surface area contributed by atoms with Crippen LogP contribution >= 0.6 is 0 Å². The number of ether oxygens (including phenoxy) is 1. The van der Waals surface area contributed by atoms with Gasteiger partial charge in [-0.3, -0.25) is 0 Å². The second-order valence-corrected chi connectivity index (χ2v) is 4.30. The van der Waals surface area contributed by atoms with E-state index >= 15 is 0 Å². The lowest BCUT2D eigenvalue weighted by molar-refractivity contribution is 0.0519. The van der Waals surface area contributed by atoms with Crippen LogP contribution in [0.2, 0.25) is 0 Å². The van der Waals surface area contributed by atoms with Gasteiger partial charge in [0.1, 0.15) is 6.26 Å². The van der Waals surface area contributed by atoms with Crippen LogP contribution in [0.5, 0.6) is 0 Å². The number of carbonyl (C=O) groups excluding carboxylic acids is 1. The first kappa shape index (κ1) is 14.5. The molecular formula is C13H22N2O3. The van der Waals surface area contributed by atoms with Crippen LogP contribution in [0, 0.1) is 0 Å². The summed E-state index contributed by atoms with van der Waals surface area (Å²) in [5.41, 5.74) is 0.208. The Hall–Kier alpha value is -1.52. The minimum Gasteiger partial charge on any atom is -0.461 e. The molecule has 1 unspecified atom stereocenters. The molecule has 1 N–H and O–H groups in total. The fourth-order valence-electron chi connectivity index (χ4n) is 1.62. The van der Waals surface area contributed by atoms with Gasteiger partial charge in [-0.05, 0) is 20.3 Å². The van der Waals surface area contributed by atoms with Crippen LogP contribution in [0.3, 0.4) is 0 Å². The van der Waals surface area contributed by atoms with Crippen LogP contribution in [0.25, 0.3) is 0 Å². The number of hydrogen-bond donors (Lipinski definition) is 1. The molecule has 0 saturated carbocycles. The molecule has 0 amide bonds. The highest BCUT2D eigenvalue weighted by Crippen LogP contribution is 2.12. The van der Waals surface area contributed by atoms with Crippen LogP contribution < -0.4 is 5.32 Å². The third kappa shape index (κ3) is 4.77. The number of rotatable bonds is 8. The van der Waals surface area contributed by atoms with Crippen molar-refractivity contribution in [3.05, 3.63) is 12.0 Å². The van der Waals surface area contributed by atoms with Gasteiger partial charge >= 0.3 is 5.97 Å². The Morgan fingerprint density at radius 3 is 2.94 bits per heavy atom. The molecule has 0 aromatic carbocycles. The van der Waals surface area contributed by atoms with Gasteiger partial charge in [0.2, 0.25) is 0 Å². The summed E-state index contributed by atoms with van der Waals surface area (Å²) in [7, 11) is 0. The van der Waals surface area contributed by atoms with E-state index in [1.807, 2.05) is 0 Å². The lowest BCUT2D eigenvalue weighted by Crippen LogP contribution is -2.15. The Morgan fingerprint density at radius 2 is 2.28 bits per heavy atom. The van der Waals surface area contributed by atoms with Crippen molar-refractivity contribution < 1.29 is 13.9 Å². The Bertz CT molecular complexity index is 363. The highest BCUT2D eigenvalue weighted by atomic mass is 16.5. The first-order valence-corrected chi connectivity index (χ1v) is 6.56. The number of aromatic nitrogens is 1. The number of anilines is 1.